The largest absolute Gasteiger partial charge is 0.392 e. The first kappa shape index (κ1) is 16.1. The van der Waals surface area contributed by atoms with Gasteiger partial charge in [0.2, 0.25) is 5.95 Å². The highest BCUT2D eigenvalue weighted by Crippen LogP contribution is 2.37. The van der Waals surface area contributed by atoms with Crippen molar-refractivity contribution in [2.45, 2.75) is 13.5 Å². The molecule has 7 heteroatoms. The molecule has 0 saturated carbocycles. The number of aliphatic hydroxyl groups is 1. The van der Waals surface area contributed by atoms with Crippen molar-refractivity contribution in [1.82, 2.24) is 14.9 Å². The monoisotopic (exact) mass is 348 g/mol. The molecule has 0 fully saturated rings. The van der Waals surface area contributed by atoms with Gasteiger partial charge in [-0.05, 0) is 36.8 Å². The summed E-state index contributed by atoms with van der Waals surface area (Å²) >= 11 is 7.78. The second-order valence-electron chi connectivity index (χ2n) is 5.24. The third kappa shape index (κ3) is 3.44. The van der Waals surface area contributed by atoms with Gasteiger partial charge in [-0.25, -0.2) is 9.97 Å². The van der Waals surface area contributed by atoms with Crippen molar-refractivity contribution in [2.24, 2.45) is 0 Å². The second kappa shape index (κ2) is 6.78. The van der Waals surface area contributed by atoms with E-state index in [-0.39, 0.29) is 6.61 Å². The number of hydrogen-bond donors (Lipinski definition) is 2. The molecule has 2 aromatic rings. The zero-order valence-corrected chi connectivity index (χ0v) is 14.4. The molecule has 2 heterocycles. The maximum atomic E-state index is 9.29. The van der Waals surface area contributed by atoms with Crippen molar-refractivity contribution in [3.63, 3.8) is 0 Å². The van der Waals surface area contributed by atoms with Gasteiger partial charge in [0.15, 0.2) is 0 Å². The lowest BCUT2D eigenvalue weighted by Gasteiger charge is -2.11. The minimum Gasteiger partial charge on any atom is -0.392 e. The van der Waals surface area contributed by atoms with Gasteiger partial charge in [0.25, 0.3) is 0 Å². The Kier molecular flexibility index (Phi) is 4.75. The van der Waals surface area contributed by atoms with Crippen LogP contribution in [0.25, 0.3) is 4.91 Å². The maximum Gasteiger partial charge on any atom is 0.227 e. The van der Waals surface area contributed by atoms with Gasteiger partial charge in [0.1, 0.15) is 0 Å². The van der Waals surface area contributed by atoms with Crippen LogP contribution in [0.3, 0.4) is 0 Å². The fraction of sp³-hybridized carbons (Fsp3) is 0.250. The highest BCUT2D eigenvalue weighted by atomic mass is 35.5. The summed E-state index contributed by atoms with van der Waals surface area (Å²) in [6.45, 7) is 1.99. The van der Waals surface area contributed by atoms with E-state index in [9.17, 15) is 5.11 Å². The first-order valence-electron chi connectivity index (χ1n) is 7.13. The molecule has 0 amide bonds. The van der Waals surface area contributed by atoms with Crippen molar-refractivity contribution < 1.29 is 5.11 Å². The van der Waals surface area contributed by atoms with E-state index in [4.69, 9.17) is 11.6 Å². The van der Waals surface area contributed by atoms with E-state index in [1.54, 1.807) is 30.1 Å². The van der Waals surface area contributed by atoms with Gasteiger partial charge < -0.3 is 15.3 Å². The molecule has 1 aliphatic heterocycles. The third-order valence-electron chi connectivity index (χ3n) is 3.66. The lowest BCUT2D eigenvalue weighted by Crippen LogP contribution is -2.09. The van der Waals surface area contributed by atoms with Crippen molar-refractivity contribution in [3.05, 3.63) is 52.4 Å². The normalized spacial score (nSPS) is 14.5. The SMILES string of the molecule is CC1=C(c2ccnc(Nc3ccc(Cl)c(CO)c3)n2)SCN1C. The summed E-state index contributed by atoms with van der Waals surface area (Å²) in [6.07, 6.45) is 1.74. The summed E-state index contributed by atoms with van der Waals surface area (Å²) in [7, 11) is 2.07. The number of nitrogens with one attached hydrogen (secondary N) is 1. The fourth-order valence-corrected chi connectivity index (χ4v) is 3.56. The summed E-state index contributed by atoms with van der Waals surface area (Å²) in [4.78, 5) is 12.2. The highest BCUT2D eigenvalue weighted by molar-refractivity contribution is 8.08. The topological polar surface area (TPSA) is 61.3 Å². The molecular weight excluding hydrogens is 332 g/mol. The van der Waals surface area contributed by atoms with Crippen LogP contribution in [0.15, 0.2) is 36.2 Å². The van der Waals surface area contributed by atoms with Crippen molar-refractivity contribution >= 4 is 39.9 Å². The van der Waals surface area contributed by atoms with Crippen LogP contribution in [-0.4, -0.2) is 32.9 Å². The summed E-state index contributed by atoms with van der Waals surface area (Å²) in [5, 5.41) is 13.0. The molecule has 0 atom stereocenters. The molecule has 0 radical (unpaired) electrons. The van der Waals surface area contributed by atoms with E-state index in [2.05, 4.69) is 34.2 Å². The summed E-state index contributed by atoms with van der Waals surface area (Å²) in [5.41, 5.74) is 3.58. The van der Waals surface area contributed by atoms with E-state index in [0.29, 0.717) is 16.5 Å². The van der Waals surface area contributed by atoms with Crippen LogP contribution in [0.5, 0.6) is 0 Å². The number of aromatic nitrogens is 2. The van der Waals surface area contributed by atoms with Crippen LogP contribution in [0.2, 0.25) is 5.02 Å². The number of allylic oxidation sites excluding steroid dienone is 1. The van der Waals surface area contributed by atoms with Gasteiger partial charge >= 0.3 is 0 Å². The number of nitrogens with zero attached hydrogens (tertiary/aromatic N) is 3. The van der Waals surface area contributed by atoms with Crippen LogP contribution in [-0.2, 0) is 6.61 Å². The predicted octanol–water partition coefficient (Wildman–Crippen LogP) is 3.69. The second-order valence-corrected chi connectivity index (χ2v) is 6.60. The van der Waals surface area contributed by atoms with Gasteiger partial charge in [0, 0.05) is 29.7 Å². The quantitative estimate of drug-likeness (QED) is 0.878. The molecule has 3 rings (SSSR count). The van der Waals surface area contributed by atoms with E-state index in [0.717, 1.165) is 17.3 Å². The molecule has 5 nitrogen and oxygen atoms in total. The molecule has 1 aromatic heterocycles. The molecule has 2 N–H and O–H groups in total. The predicted molar refractivity (Wildman–Crippen MR) is 95.5 cm³/mol. The Morgan fingerprint density at radius 2 is 2.22 bits per heavy atom. The lowest BCUT2D eigenvalue weighted by molar-refractivity contribution is 0.282. The Labute approximate surface area is 144 Å². The zero-order valence-electron chi connectivity index (χ0n) is 12.9. The minimum absolute atomic E-state index is 0.107. The number of aliphatic hydroxyl groups excluding tert-OH is 1. The Morgan fingerprint density at radius 1 is 1.39 bits per heavy atom. The lowest BCUT2D eigenvalue weighted by atomic mass is 10.2. The first-order chi connectivity index (χ1) is 11.1. The Morgan fingerprint density at radius 3 is 2.91 bits per heavy atom. The van der Waals surface area contributed by atoms with Gasteiger partial charge in [-0.2, -0.15) is 0 Å². The van der Waals surface area contributed by atoms with Crippen molar-refractivity contribution in [2.75, 3.05) is 18.2 Å². The van der Waals surface area contributed by atoms with Crippen molar-refractivity contribution in [1.29, 1.82) is 0 Å². The Bertz CT molecular complexity index is 765. The molecule has 120 valence electrons. The first-order valence-corrected chi connectivity index (χ1v) is 8.49. The summed E-state index contributed by atoms with van der Waals surface area (Å²) < 4.78 is 0. The zero-order chi connectivity index (χ0) is 16.4. The van der Waals surface area contributed by atoms with Crippen molar-refractivity contribution in [3.8, 4) is 0 Å². The molecule has 0 saturated heterocycles. The van der Waals surface area contributed by atoms with Crippen LogP contribution in [0.4, 0.5) is 11.6 Å². The Balaban J connectivity index is 1.86. The maximum absolute atomic E-state index is 9.29. The van der Waals surface area contributed by atoms with E-state index < -0.39 is 0 Å². The van der Waals surface area contributed by atoms with Crippen LogP contribution in [0.1, 0.15) is 18.2 Å². The molecule has 1 aliphatic rings. The number of halogens is 1. The van der Waals surface area contributed by atoms with Crippen LogP contribution < -0.4 is 5.32 Å². The summed E-state index contributed by atoms with van der Waals surface area (Å²) in [6, 6.07) is 7.28. The number of rotatable bonds is 4. The smallest absolute Gasteiger partial charge is 0.227 e. The van der Waals surface area contributed by atoms with E-state index >= 15 is 0 Å². The molecule has 1 aromatic carbocycles. The summed E-state index contributed by atoms with van der Waals surface area (Å²) in [5.74, 6) is 1.45. The van der Waals surface area contributed by atoms with Crippen LogP contribution >= 0.6 is 23.4 Å². The molecule has 0 unspecified atom stereocenters. The van der Waals surface area contributed by atoms with Crippen LogP contribution in [0, 0.1) is 0 Å². The molecular formula is C16H17ClN4OS. The number of thioether (sulfide) groups is 1. The van der Waals surface area contributed by atoms with E-state index in [1.165, 1.54) is 10.6 Å². The van der Waals surface area contributed by atoms with Gasteiger partial charge in [-0.3, -0.25) is 0 Å². The number of hydrogen-bond acceptors (Lipinski definition) is 6. The third-order valence-corrected chi connectivity index (χ3v) is 5.34. The molecule has 0 bridgehead atoms. The number of anilines is 2. The molecule has 23 heavy (non-hydrogen) atoms. The van der Waals surface area contributed by atoms with Gasteiger partial charge in [0.05, 0.1) is 23.1 Å². The molecule has 0 spiro atoms. The molecule has 0 aliphatic carbocycles. The average Bonchev–Trinajstić information content (AvgIpc) is 2.89. The standard InChI is InChI=1S/C16H17ClN4OS/c1-10-15(23-9-21(10)2)14-5-6-18-16(20-14)19-12-3-4-13(17)11(7-12)8-22/h3-7,22H,8-9H2,1-2H3,(H,18,19,20). The highest BCUT2D eigenvalue weighted by Gasteiger charge is 2.19. The van der Waals surface area contributed by atoms with Gasteiger partial charge in [-0.15, -0.1) is 11.8 Å². The Hall–Kier alpha value is -1.76. The fourth-order valence-electron chi connectivity index (χ4n) is 2.24. The average molecular weight is 349 g/mol. The minimum atomic E-state index is -0.107. The van der Waals surface area contributed by atoms with Gasteiger partial charge in [-0.1, -0.05) is 11.6 Å². The van der Waals surface area contributed by atoms with E-state index in [1.807, 2.05) is 12.1 Å². The number of benzene rings is 1.